The molecule has 0 radical (unpaired) electrons. The molecule has 1 aliphatic heterocycles. The lowest BCUT2D eigenvalue weighted by molar-refractivity contribution is -0.158. The zero-order valence-electron chi connectivity index (χ0n) is 17.6. The normalized spacial score (nSPS) is 35.6. The van der Waals surface area contributed by atoms with Gasteiger partial charge in [-0.15, -0.1) is 0 Å². The molecule has 154 valence electrons. The summed E-state index contributed by atoms with van der Waals surface area (Å²) in [5.74, 6) is 1.07. The minimum Gasteiger partial charge on any atom is -0.461 e. The van der Waals surface area contributed by atoms with Crippen molar-refractivity contribution >= 4 is 11.9 Å². The highest BCUT2D eigenvalue weighted by Gasteiger charge is 2.41. The van der Waals surface area contributed by atoms with Gasteiger partial charge in [0.1, 0.15) is 12.2 Å². The van der Waals surface area contributed by atoms with E-state index < -0.39 is 0 Å². The minimum absolute atomic E-state index is 0.0355. The van der Waals surface area contributed by atoms with Crippen LogP contribution in [0.2, 0.25) is 0 Å². The Kier molecular flexibility index (Phi) is 6.79. The lowest BCUT2D eigenvalue weighted by Gasteiger charge is -2.43. The minimum atomic E-state index is -0.236. The molecule has 0 aromatic carbocycles. The van der Waals surface area contributed by atoms with Crippen LogP contribution in [0, 0.1) is 29.6 Å². The molecule has 0 aromatic heterocycles. The summed E-state index contributed by atoms with van der Waals surface area (Å²) >= 11 is 0. The molecule has 0 saturated heterocycles. The van der Waals surface area contributed by atoms with E-state index in [4.69, 9.17) is 9.47 Å². The Bertz CT molecular complexity index is 674. The molecule has 4 nitrogen and oxygen atoms in total. The maximum absolute atomic E-state index is 12.5. The summed E-state index contributed by atoms with van der Waals surface area (Å²) in [6, 6.07) is 0. The second kappa shape index (κ2) is 9.11. The van der Waals surface area contributed by atoms with Crippen molar-refractivity contribution in [3.8, 4) is 0 Å². The van der Waals surface area contributed by atoms with Crippen LogP contribution in [0.4, 0.5) is 0 Å². The van der Waals surface area contributed by atoms with Crippen LogP contribution in [0.3, 0.4) is 0 Å². The van der Waals surface area contributed by atoms with Crippen molar-refractivity contribution in [1.82, 2.24) is 0 Å². The number of hydrogen-bond donors (Lipinski definition) is 0. The molecule has 0 saturated carbocycles. The average molecular weight is 387 g/mol. The van der Waals surface area contributed by atoms with E-state index in [1.807, 2.05) is 19.9 Å². The fourth-order valence-electron chi connectivity index (χ4n) is 4.78. The zero-order chi connectivity index (χ0) is 20.3. The maximum Gasteiger partial charge on any atom is 0.330 e. The van der Waals surface area contributed by atoms with Crippen molar-refractivity contribution in [2.45, 2.75) is 72.0 Å². The van der Waals surface area contributed by atoms with Gasteiger partial charge in [0.05, 0.1) is 5.92 Å². The number of esters is 2. The third-order valence-corrected chi connectivity index (χ3v) is 6.64. The van der Waals surface area contributed by atoms with Gasteiger partial charge in [0.2, 0.25) is 0 Å². The van der Waals surface area contributed by atoms with Crippen molar-refractivity contribution < 1.29 is 19.1 Å². The molecule has 28 heavy (non-hydrogen) atoms. The van der Waals surface area contributed by atoms with Crippen molar-refractivity contribution in [1.29, 1.82) is 0 Å². The van der Waals surface area contributed by atoms with E-state index in [0.717, 1.165) is 32.1 Å². The third-order valence-electron chi connectivity index (χ3n) is 6.64. The molecule has 1 heterocycles. The van der Waals surface area contributed by atoms with Gasteiger partial charge in [-0.2, -0.15) is 0 Å². The lowest BCUT2D eigenvalue weighted by Crippen LogP contribution is -2.41. The number of fused-ring (bicyclic) bond motifs is 1. The van der Waals surface area contributed by atoms with Crippen molar-refractivity contribution in [3.05, 3.63) is 36.0 Å². The summed E-state index contributed by atoms with van der Waals surface area (Å²) < 4.78 is 11.5. The number of rotatable bonds is 6. The molecule has 4 heteroatoms. The van der Waals surface area contributed by atoms with Crippen LogP contribution in [-0.2, 0) is 19.1 Å². The number of cyclic esters (lactones) is 1. The predicted molar refractivity (Wildman–Crippen MR) is 109 cm³/mol. The highest BCUT2D eigenvalue weighted by atomic mass is 16.5. The van der Waals surface area contributed by atoms with Gasteiger partial charge in [0.15, 0.2) is 0 Å². The van der Waals surface area contributed by atoms with Crippen molar-refractivity contribution in [2.75, 3.05) is 0 Å². The van der Waals surface area contributed by atoms with Crippen LogP contribution in [-0.4, -0.2) is 24.1 Å². The Hall–Kier alpha value is -1.84. The number of ether oxygens (including phenoxy) is 2. The smallest absolute Gasteiger partial charge is 0.330 e. The molecular formula is C24H34O4. The second-order valence-corrected chi connectivity index (χ2v) is 8.85. The van der Waals surface area contributed by atoms with Gasteiger partial charge in [0, 0.05) is 18.4 Å². The Labute approximate surface area is 169 Å². The van der Waals surface area contributed by atoms with Gasteiger partial charge in [0.25, 0.3) is 0 Å². The quantitative estimate of drug-likeness (QED) is 0.603. The first-order chi connectivity index (χ1) is 13.4. The summed E-state index contributed by atoms with van der Waals surface area (Å²) in [4.78, 5) is 24.1. The van der Waals surface area contributed by atoms with E-state index in [1.165, 1.54) is 11.6 Å². The summed E-state index contributed by atoms with van der Waals surface area (Å²) in [5, 5.41) is 0. The molecular weight excluding hydrogens is 352 g/mol. The van der Waals surface area contributed by atoms with Gasteiger partial charge in [-0.3, -0.25) is 4.79 Å². The molecule has 0 aromatic rings. The zero-order valence-corrected chi connectivity index (χ0v) is 17.6. The molecule has 3 aliphatic rings. The Balaban J connectivity index is 1.75. The highest BCUT2D eigenvalue weighted by molar-refractivity contribution is 5.82. The summed E-state index contributed by atoms with van der Waals surface area (Å²) in [6.07, 6.45) is 14.5. The van der Waals surface area contributed by atoms with Gasteiger partial charge in [-0.25, -0.2) is 4.79 Å². The number of carbonyl (C=O) groups is 2. The van der Waals surface area contributed by atoms with Crippen LogP contribution in [0.1, 0.15) is 59.8 Å². The summed E-state index contributed by atoms with van der Waals surface area (Å²) in [7, 11) is 0. The van der Waals surface area contributed by atoms with E-state index in [0.29, 0.717) is 17.8 Å². The third kappa shape index (κ3) is 4.76. The summed E-state index contributed by atoms with van der Waals surface area (Å²) in [6.45, 7) is 8.41. The van der Waals surface area contributed by atoms with Crippen molar-refractivity contribution in [2.24, 2.45) is 29.6 Å². The van der Waals surface area contributed by atoms with Gasteiger partial charge >= 0.3 is 11.9 Å². The SMILES string of the molecule is CC[C@@H](C)C(=O)O[C@@H]1C[C@H](C)C=C2C=C[C@@H](C)[C@@H](CC[C@H]3CC=CC(=O)O3)[C@@H]21. The molecule has 0 spiro atoms. The van der Waals surface area contributed by atoms with Crippen LogP contribution < -0.4 is 0 Å². The highest BCUT2D eigenvalue weighted by Crippen LogP contribution is 2.45. The van der Waals surface area contributed by atoms with E-state index in [1.54, 1.807) is 0 Å². The van der Waals surface area contributed by atoms with Gasteiger partial charge in [-0.1, -0.05) is 52.0 Å². The first-order valence-electron chi connectivity index (χ1n) is 10.9. The van der Waals surface area contributed by atoms with E-state index in [2.05, 4.69) is 32.1 Å². The van der Waals surface area contributed by atoms with E-state index in [9.17, 15) is 9.59 Å². The Morgan fingerprint density at radius 2 is 2.07 bits per heavy atom. The molecule has 3 rings (SSSR count). The molecule has 0 amide bonds. The number of hydrogen-bond acceptors (Lipinski definition) is 4. The average Bonchev–Trinajstić information content (AvgIpc) is 2.66. The lowest BCUT2D eigenvalue weighted by atomic mass is 9.65. The van der Waals surface area contributed by atoms with Crippen LogP contribution in [0.5, 0.6) is 0 Å². The molecule has 2 aliphatic carbocycles. The fraction of sp³-hybridized carbons (Fsp3) is 0.667. The fourth-order valence-corrected chi connectivity index (χ4v) is 4.78. The number of carbonyl (C=O) groups excluding carboxylic acids is 2. The second-order valence-electron chi connectivity index (χ2n) is 8.85. The maximum atomic E-state index is 12.5. The van der Waals surface area contributed by atoms with Gasteiger partial charge < -0.3 is 9.47 Å². The topological polar surface area (TPSA) is 52.6 Å². The first kappa shape index (κ1) is 20.9. The predicted octanol–water partition coefficient (Wildman–Crippen LogP) is 5.00. The Morgan fingerprint density at radius 3 is 2.79 bits per heavy atom. The monoisotopic (exact) mass is 386 g/mol. The van der Waals surface area contributed by atoms with Crippen LogP contribution in [0.25, 0.3) is 0 Å². The molecule has 0 bridgehead atoms. The van der Waals surface area contributed by atoms with E-state index in [-0.39, 0.29) is 36.0 Å². The van der Waals surface area contributed by atoms with Crippen LogP contribution >= 0.6 is 0 Å². The van der Waals surface area contributed by atoms with E-state index >= 15 is 0 Å². The molecule has 7 atom stereocenters. The molecule has 0 N–H and O–H groups in total. The largest absolute Gasteiger partial charge is 0.461 e. The molecule has 0 unspecified atom stereocenters. The van der Waals surface area contributed by atoms with Gasteiger partial charge in [-0.05, 0) is 49.0 Å². The van der Waals surface area contributed by atoms with Crippen LogP contribution in [0.15, 0.2) is 36.0 Å². The number of allylic oxidation sites excluding steroid dienone is 3. The van der Waals surface area contributed by atoms with Crippen molar-refractivity contribution in [3.63, 3.8) is 0 Å². The standard InChI is InChI=1S/C24H34O4/c1-5-16(3)24(26)28-21-14-15(2)13-18-10-9-17(4)20(23(18)21)12-11-19-7-6-8-22(25)27-19/h6,8-10,13,15-17,19-21,23H,5,7,11-12,14H2,1-4H3/t15-,16-,17-,19-,20-,21-,23-/m1/s1. The summed E-state index contributed by atoms with van der Waals surface area (Å²) in [5.41, 5.74) is 1.31. The molecule has 0 fully saturated rings. The Morgan fingerprint density at radius 1 is 1.29 bits per heavy atom. The first-order valence-corrected chi connectivity index (χ1v) is 10.9.